The molecule has 3 heterocycles. The van der Waals surface area contributed by atoms with E-state index in [1.165, 1.54) is 11.3 Å². The molecule has 0 amide bonds. The summed E-state index contributed by atoms with van der Waals surface area (Å²) in [7, 11) is 1.99. The predicted molar refractivity (Wildman–Crippen MR) is 59.0 cm³/mol. The van der Waals surface area contributed by atoms with E-state index < -0.39 is 0 Å². The minimum Gasteiger partial charge on any atom is -0.381 e. The molecule has 0 fully saturated rings. The minimum atomic E-state index is 0.781. The number of aryl methyl sites for hydroxylation is 1. The molecule has 0 saturated carbocycles. The van der Waals surface area contributed by atoms with Gasteiger partial charge in [-0.3, -0.25) is 9.78 Å². The Morgan fingerprint density at radius 3 is 3.06 bits per heavy atom. The Morgan fingerprint density at radius 2 is 2.25 bits per heavy atom. The standard InChI is InChI=1S/C11H14N4O/c1-15-10-3-5-16-4-2-9(10)11(14-15)8-6-12-13-7-8/h6-7H,2-5H2,1H3,(H,12,13). The molecule has 2 aromatic rings. The summed E-state index contributed by atoms with van der Waals surface area (Å²) >= 11 is 0. The second kappa shape index (κ2) is 3.75. The molecule has 0 saturated heterocycles. The Bertz CT molecular complexity index is 486. The van der Waals surface area contributed by atoms with Crippen LogP contribution in [-0.2, 0) is 24.6 Å². The summed E-state index contributed by atoms with van der Waals surface area (Å²) in [6.07, 6.45) is 5.57. The third-order valence-corrected chi connectivity index (χ3v) is 3.03. The molecule has 0 spiro atoms. The van der Waals surface area contributed by atoms with Gasteiger partial charge in [0.15, 0.2) is 0 Å². The van der Waals surface area contributed by atoms with Crippen LogP contribution in [0.1, 0.15) is 11.3 Å². The van der Waals surface area contributed by atoms with Gasteiger partial charge in [0, 0.05) is 36.5 Å². The van der Waals surface area contributed by atoms with E-state index in [2.05, 4.69) is 15.3 Å². The molecular weight excluding hydrogens is 204 g/mol. The molecule has 84 valence electrons. The maximum Gasteiger partial charge on any atom is 0.0990 e. The lowest BCUT2D eigenvalue weighted by atomic mass is 10.1. The molecule has 1 aliphatic heterocycles. The number of aromatic nitrogens is 4. The number of rotatable bonds is 1. The molecule has 16 heavy (non-hydrogen) atoms. The van der Waals surface area contributed by atoms with Gasteiger partial charge >= 0.3 is 0 Å². The number of H-pyrrole nitrogens is 1. The zero-order chi connectivity index (χ0) is 11.0. The average molecular weight is 218 g/mol. The maximum atomic E-state index is 5.50. The number of hydrogen-bond donors (Lipinski definition) is 1. The fourth-order valence-electron chi connectivity index (χ4n) is 2.24. The quantitative estimate of drug-likeness (QED) is 0.774. The lowest BCUT2D eigenvalue weighted by Gasteiger charge is -1.99. The van der Waals surface area contributed by atoms with Gasteiger partial charge in [0.25, 0.3) is 0 Å². The molecule has 2 aromatic heterocycles. The van der Waals surface area contributed by atoms with E-state index in [1.54, 1.807) is 0 Å². The van der Waals surface area contributed by atoms with E-state index in [4.69, 9.17) is 4.74 Å². The van der Waals surface area contributed by atoms with Crippen molar-refractivity contribution in [3.8, 4) is 11.3 Å². The van der Waals surface area contributed by atoms with Gasteiger partial charge in [-0.1, -0.05) is 0 Å². The van der Waals surface area contributed by atoms with Crippen LogP contribution in [0.5, 0.6) is 0 Å². The maximum absolute atomic E-state index is 5.50. The molecule has 5 nitrogen and oxygen atoms in total. The van der Waals surface area contributed by atoms with Gasteiger partial charge in [-0.05, 0) is 6.42 Å². The van der Waals surface area contributed by atoms with E-state index in [0.29, 0.717) is 0 Å². The molecule has 1 N–H and O–H groups in total. The number of hydrogen-bond acceptors (Lipinski definition) is 3. The fourth-order valence-corrected chi connectivity index (χ4v) is 2.24. The number of nitrogens with zero attached hydrogens (tertiary/aromatic N) is 3. The first kappa shape index (κ1) is 9.59. The third kappa shape index (κ3) is 1.44. The zero-order valence-corrected chi connectivity index (χ0v) is 9.23. The molecule has 0 unspecified atom stereocenters. The van der Waals surface area contributed by atoms with Crippen molar-refractivity contribution in [1.29, 1.82) is 0 Å². The largest absolute Gasteiger partial charge is 0.381 e. The van der Waals surface area contributed by atoms with E-state index in [1.807, 2.05) is 24.1 Å². The van der Waals surface area contributed by atoms with Crippen molar-refractivity contribution < 1.29 is 4.74 Å². The van der Waals surface area contributed by atoms with Crippen LogP contribution < -0.4 is 0 Å². The number of fused-ring (bicyclic) bond motifs is 1. The van der Waals surface area contributed by atoms with Crippen LogP contribution in [0.3, 0.4) is 0 Å². The monoisotopic (exact) mass is 218 g/mol. The van der Waals surface area contributed by atoms with Crippen molar-refractivity contribution in [2.24, 2.45) is 7.05 Å². The highest BCUT2D eigenvalue weighted by Crippen LogP contribution is 2.26. The Kier molecular flexibility index (Phi) is 2.25. The summed E-state index contributed by atoms with van der Waals surface area (Å²) in [5.41, 5.74) is 4.69. The number of nitrogens with one attached hydrogen (secondary N) is 1. The van der Waals surface area contributed by atoms with Crippen LogP contribution >= 0.6 is 0 Å². The highest BCUT2D eigenvalue weighted by atomic mass is 16.5. The first-order chi connectivity index (χ1) is 7.86. The normalized spacial score (nSPS) is 15.8. The van der Waals surface area contributed by atoms with Crippen molar-refractivity contribution in [2.75, 3.05) is 13.2 Å². The second-order valence-corrected chi connectivity index (χ2v) is 4.00. The van der Waals surface area contributed by atoms with Gasteiger partial charge in [0.05, 0.1) is 25.1 Å². The van der Waals surface area contributed by atoms with E-state index in [9.17, 15) is 0 Å². The molecule has 0 bridgehead atoms. The predicted octanol–water partition coefficient (Wildman–Crippen LogP) is 0.925. The first-order valence-electron chi connectivity index (χ1n) is 5.48. The molecule has 0 aromatic carbocycles. The molecule has 0 aliphatic carbocycles. The van der Waals surface area contributed by atoms with Crippen LogP contribution in [0.4, 0.5) is 0 Å². The third-order valence-electron chi connectivity index (χ3n) is 3.03. The summed E-state index contributed by atoms with van der Waals surface area (Å²) in [6, 6.07) is 0. The summed E-state index contributed by atoms with van der Waals surface area (Å²) < 4.78 is 7.46. The van der Waals surface area contributed by atoms with Gasteiger partial charge in [-0.25, -0.2) is 0 Å². The van der Waals surface area contributed by atoms with Gasteiger partial charge in [-0.15, -0.1) is 0 Å². The highest BCUT2D eigenvalue weighted by molar-refractivity contribution is 5.62. The molecular formula is C11H14N4O. The molecule has 0 radical (unpaired) electrons. The van der Waals surface area contributed by atoms with Gasteiger partial charge in [-0.2, -0.15) is 10.2 Å². The van der Waals surface area contributed by atoms with E-state index >= 15 is 0 Å². The van der Waals surface area contributed by atoms with Crippen LogP contribution in [-0.4, -0.2) is 33.2 Å². The number of aromatic amines is 1. The summed E-state index contributed by atoms with van der Waals surface area (Å²) in [5.74, 6) is 0. The smallest absolute Gasteiger partial charge is 0.0990 e. The van der Waals surface area contributed by atoms with Crippen LogP contribution in [0.25, 0.3) is 11.3 Å². The summed E-state index contributed by atoms with van der Waals surface area (Å²) in [5, 5.41) is 11.4. The summed E-state index contributed by atoms with van der Waals surface area (Å²) in [6.45, 7) is 1.57. The second-order valence-electron chi connectivity index (χ2n) is 4.00. The lowest BCUT2D eigenvalue weighted by Crippen LogP contribution is -2.01. The van der Waals surface area contributed by atoms with E-state index in [-0.39, 0.29) is 0 Å². The molecule has 3 rings (SSSR count). The Morgan fingerprint density at radius 1 is 1.38 bits per heavy atom. The number of ether oxygens (including phenoxy) is 1. The van der Waals surface area contributed by atoms with Crippen LogP contribution in [0, 0.1) is 0 Å². The SMILES string of the molecule is Cn1nc(-c2cn[nH]c2)c2c1CCOCC2. The zero-order valence-electron chi connectivity index (χ0n) is 9.23. The van der Waals surface area contributed by atoms with E-state index in [0.717, 1.165) is 37.3 Å². The van der Waals surface area contributed by atoms with Gasteiger partial charge in [0.2, 0.25) is 0 Å². The molecule has 1 aliphatic rings. The first-order valence-corrected chi connectivity index (χ1v) is 5.48. The Labute approximate surface area is 93.4 Å². The van der Waals surface area contributed by atoms with Crippen molar-refractivity contribution >= 4 is 0 Å². The Hall–Kier alpha value is -1.62. The van der Waals surface area contributed by atoms with Crippen LogP contribution in [0.2, 0.25) is 0 Å². The topological polar surface area (TPSA) is 55.7 Å². The Balaban J connectivity index is 2.13. The minimum absolute atomic E-state index is 0.781. The van der Waals surface area contributed by atoms with Crippen molar-refractivity contribution in [2.45, 2.75) is 12.8 Å². The van der Waals surface area contributed by atoms with Crippen molar-refractivity contribution in [3.63, 3.8) is 0 Å². The summed E-state index contributed by atoms with van der Waals surface area (Å²) in [4.78, 5) is 0. The highest BCUT2D eigenvalue weighted by Gasteiger charge is 2.19. The average Bonchev–Trinajstić information content (AvgIpc) is 2.82. The van der Waals surface area contributed by atoms with Gasteiger partial charge in [0.1, 0.15) is 0 Å². The van der Waals surface area contributed by atoms with Crippen molar-refractivity contribution in [3.05, 3.63) is 23.7 Å². The van der Waals surface area contributed by atoms with Crippen LogP contribution in [0.15, 0.2) is 12.4 Å². The molecule has 0 atom stereocenters. The van der Waals surface area contributed by atoms with Gasteiger partial charge < -0.3 is 4.74 Å². The van der Waals surface area contributed by atoms with Crippen molar-refractivity contribution in [1.82, 2.24) is 20.0 Å². The lowest BCUT2D eigenvalue weighted by molar-refractivity contribution is 0.145. The fraction of sp³-hybridized carbons (Fsp3) is 0.455. The molecule has 5 heteroatoms.